The molecule has 0 spiro atoms. The van der Waals surface area contributed by atoms with Crippen molar-refractivity contribution in [1.82, 2.24) is 10.3 Å². The van der Waals surface area contributed by atoms with Gasteiger partial charge in [-0.2, -0.15) is 4.73 Å². The number of carbonyl (C=O) groups excluding carboxylic acids is 1. The van der Waals surface area contributed by atoms with Crippen LogP contribution in [-0.2, 0) is 0 Å². The van der Waals surface area contributed by atoms with Crippen molar-refractivity contribution in [2.24, 2.45) is 0 Å². The number of aryl methyl sites for hydroxylation is 1. The molecule has 206 valence electrons. The van der Waals surface area contributed by atoms with Crippen molar-refractivity contribution in [2.75, 3.05) is 17.7 Å². The second-order valence-electron chi connectivity index (χ2n) is 8.93. The van der Waals surface area contributed by atoms with Gasteiger partial charge < -0.3 is 31.4 Å². The molecular formula is C28H26ClFN6O4. The first-order valence-electron chi connectivity index (χ1n) is 12.1. The highest BCUT2D eigenvalue weighted by Gasteiger charge is 2.23. The molecule has 0 radical (unpaired) electrons. The van der Waals surface area contributed by atoms with E-state index in [0.29, 0.717) is 21.5 Å². The highest BCUT2D eigenvalue weighted by Crippen LogP contribution is 2.34. The van der Waals surface area contributed by atoms with Crippen LogP contribution in [0.25, 0.3) is 11.3 Å². The number of aliphatic hydroxyl groups is 1. The number of ether oxygens (including phenoxy) is 1. The topological polar surface area (TPSA) is 160 Å². The lowest BCUT2D eigenvalue weighted by Crippen LogP contribution is -2.39. The third-order valence-electron chi connectivity index (χ3n) is 5.90. The average molecular weight is 565 g/mol. The summed E-state index contributed by atoms with van der Waals surface area (Å²) < 4.78 is 19.8. The van der Waals surface area contributed by atoms with E-state index >= 15 is 0 Å². The second kappa shape index (κ2) is 12.0. The van der Waals surface area contributed by atoms with Crippen LogP contribution in [0.3, 0.4) is 0 Å². The number of nitrogen functional groups attached to an aromatic ring is 1. The first-order valence-corrected chi connectivity index (χ1v) is 12.5. The number of benzene rings is 2. The normalized spacial score (nSPS) is 11.5. The van der Waals surface area contributed by atoms with Gasteiger partial charge in [-0.1, -0.05) is 11.6 Å². The van der Waals surface area contributed by atoms with Gasteiger partial charge in [0.05, 0.1) is 11.6 Å². The maximum Gasteiger partial charge on any atom is 0.321 e. The molecule has 0 bridgehead atoms. The molecule has 1 atom stereocenters. The Kier molecular flexibility index (Phi) is 8.46. The Morgan fingerprint density at radius 1 is 1.20 bits per heavy atom. The van der Waals surface area contributed by atoms with Crippen LogP contribution >= 0.6 is 11.6 Å². The Morgan fingerprint density at radius 3 is 2.60 bits per heavy atom. The minimum atomic E-state index is -0.676. The fourth-order valence-corrected chi connectivity index (χ4v) is 4.11. The van der Waals surface area contributed by atoms with Crippen LogP contribution in [0.4, 0.5) is 15.9 Å². The van der Waals surface area contributed by atoms with Gasteiger partial charge in [0, 0.05) is 41.2 Å². The minimum Gasteiger partial charge on any atom is -0.618 e. The van der Waals surface area contributed by atoms with Gasteiger partial charge in [0.2, 0.25) is 5.69 Å². The summed E-state index contributed by atoms with van der Waals surface area (Å²) >= 11 is 6.43. The van der Waals surface area contributed by atoms with E-state index in [9.17, 15) is 19.5 Å². The van der Waals surface area contributed by atoms with Gasteiger partial charge in [0.25, 0.3) is 5.69 Å². The quantitative estimate of drug-likeness (QED) is 0.0917. The molecule has 0 fully saturated rings. The molecule has 2 aromatic heterocycles. The molecule has 6 N–H and O–H groups in total. The number of carbonyl (C=O) groups is 1. The smallest absolute Gasteiger partial charge is 0.321 e. The Balaban J connectivity index is 1.56. The zero-order chi connectivity index (χ0) is 29.0. The van der Waals surface area contributed by atoms with E-state index < -0.39 is 17.8 Å². The van der Waals surface area contributed by atoms with Crippen molar-refractivity contribution >= 4 is 34.8 Å². The molecule has 0 aliphatic rings. The average Bonchev–Trinajstić information content (AvgIpc) is 2.91. The predicted molar refractivity (Wildman–Crippen MR) is 150 cm³/mol. The van der Waals surface area contributed by atoms with Gasteiger partial charge in [-0.3, -0.25) is 10.2 Å². The molecule has 4 rings (SSSR count). The third-order valence-corrected chi connectivity index (χ3v) is 6.20. The van der Waals surface area contributed by atoms with Gasteiger partial charge in [-0.05, 0) is 62.4 Å². The number of amides is 1. The number of amidine groups is 1. The second-order valence-corrected chi connectivity index (χ2v) is 9.33. The number of nitrogens with zero attached hydrogens (tertiary/aromatic N) is 2. The molecule has 4 aromatic rings. The molecule has 0 aliphatic carbocycles. The Labute approximate surface area is 234 Å². The van der Waals surface area contributed by atoms with Gasteiger partial charge in [0.1, 0.15) is 34.5 Å². The fourth-order valence-electron chi connectivity index (χ4n) is 3.89. The highest BCUT2D eigenvalue weighted by atomic mass is 35.5. The van der Waals surface area contributed by atoms with Gasteiger partial charge in [0.15, 0.2) is 0 Å². The number of aromatic nitrogens is 2. The van der Waals surface area contributed by atoms with Crippen molar-refractivity contribution in [1.29, 1.82) is 5.41 Å². The van der Waals surface area contributed by atoms with Crippen molar-refractivity contribution in [3.63, 3.8) is 0 Å². The molecule has 0 unspecified atom stereocenters. The van der Waals surface area contributed by atoms with Gasteiger partial charge in [-0.25, -0.2) is 9.37 Å². The molecule has 0 saturated heterocycles. The molecular weight excluding hydrogens is 539 g/mol. The molecule has 10 nitrogen and oxygen atoms in total. The summed E-state index contributed by atoms with van der Waals surface area (Å²) in [6, 6.07) is 14.1. The van der Waals surface area contributed by atoms with Crippen molar-refractivity contribution in [3.05, 3.63) is 99.7 Å². The first-order chi connectivity index (χ1) is 19.1. The molecule has 0 aliphatic heterocycles. The van der Waals surface area contributed by atoms with E-state index in [1.54, 1.807) is 19.9 Å². The summed E-state index contributed by atoms with van der Waals surface area (Å²) in [6.45, 7) is 3.22. The zero-order valence-corrected chi connectivity index (χ0v) is 22.3. The lowest BCUT2D eigenvalue weighted by atomic mass is 10.1. The molecule has 0 saturated carbocycles. The van der Waals surface area contributed by atoms with Crippen LogP contribution in [0.5, 0.6) is 11.5 Å². The van der Waals surface area contributed by atoms with E-state index in [0.717, 1.165) is 0 Å². The number of nitrogens with one attached hydrogen (secondary N) is 3. The Morgan fingerprint density at radius 2 is 1.93 bits per heavy atom. The Hall–Kier alpha value is -4.74. The number of hydrogen-bond donors (Lipinski definition) is 5. The number of nitrogens with two attached hydrogens (primary N) is 1. The summed E-state index contributed by atoms with van der Waals surface area (Å²) in [4.78, 5) is 17.0. The van der Waals surface area contributed by atoms with Crippen LogP contribution in [0.1, 0.15) is 28.5 Å². The van der Waals surface area contributed by atoms with E-state index in [1.807, 2.05) is 0 Å². The zero-order valence-electron chi connectivity index (χ0n) is 21.5. The summed E-state index contributed by atoms with van der Waals surface area (Å²) in [5, 5.41) is 36.3. The van der Waals surface area contributed by atoms with Gasteiger partial charge in [-0.15, -0.1) is 0 Å². The maximum atomic E-state index is 13.4. The van der Waals surface area contributed by atoms with Crippen LogP contribution in [0.2, 0.25) is 5.02 Å². The number of halogens is 2. The number of anilines is 2. The van der Waals surface area contributed by atoms with E-state index in [-0.39, 0.29) is 51.7 Å². The maximum absolute atomic E-state index is 13.4. The van der Waals surface area contributed by atoms with Crippen molar-refractivity contribution in [3.8, 4) is 22.8 Å². The highest BCUT2D eigenvalue weighted by molar-refractivity contribution is 6.32. The van der Waals surface area contributed by atoms with E-state index in [4.69, 9.17) is 27.5 Å². The number of aliphatic hydroxyl groups excluding tert-OH is 1. The number of hydrogen-bond acceptors (Lipinski definition) is 7. The van der Waals surface area contributed by atoms with Crippen molar-refractivity contribution < 1.29 is 23.8 Å². The van der Waals surface area contributed by atoms with Crippen LogP contribution in [0.15, 0.2) is 66.9 Å². The van der Waals surface area contributed by atoms with E-state index in [2.05, 4.69) is 15.6 Å². The molecule has 12 heteroatoms. The van der Waals surface area contributed by atoms with Crippen LogP contribution in [-0.4, -0.2) is 34.5 Å². The monoisotopic (exact) mass is 564 g/mol. The number of pyridine rings is 2. The standard InChI is InChI=1S/C28H26ClFN6O4/c1-15-3-9-21(36(39)25(15)17-4-6-18(30)7-5-17)28(38)35-19-8-10-22(20(29)13-19)40-23-11-12-33-26(31)24(23)27(32)34-16(2)14-37/h3-13,16,37H,14H2,1-2H3,(H2,31,33)(H2,32,34)(H,35,38)/t16-/m1/s1. The first kappa shape index (κ1) is 28.3. The molecule has 1 amide bonds. The van der Waals surface area contributed by atoms with E-state index in [1.165, 1.54) is 60.8 Å². The number of rotatable bonds is 8. The van der Waals surface area contributed by atoms with Crippen LogP contribution < -0.4 is 25.8 Å². The molecule has 2 aromatic carbocycles. The minimum absolute atomic E-state index is 0.0455. The SMILES string of the molecule is Cc1ccc(C(=O)Nc2ccc(Oc3ccnc(N)c3C(=N)N[C@H](C)CO)c(Cl)c2)[n+]([O-])c1-c1ccc(F)cc1. The van der Waals surface area contributed by atoms with Crippen LogP contribution in [0, 0.1) is 23.4 Å². The predicted octanol–water partition coefficient (Wildman–Crippen LogP) is 4.41. The van der Waals surface area contributed by atoms with Crippen molar-refractivity contribution in [2.45, 2.75) is 19.9 Å². The summed E-state index contributed by atoms with van der Waals surface area (Å²) in [5.74, 6) is -0.747. The molecule has 40 heavy (non-hydrogen) atoms. The fraction of sp³-hybridized carbons (Fsp3) is 0.143. The summed E-state index contributed by atoms with van der Waals surface area (Å²) in [5.41, 5.74) is 7.62. The van der Waals surface area contributed by atoms with Gasteiger partial charge >= 0.3 is 5.91 Å². The lowest BCUT2D eigenvalue weighted by molar-refractivity contribution is -0.596. The lowest BCUT2D eigenvalue weighted by Gasteiger charge is -2.18. The Bertz CT molecular complexity index is 1580. The summed E-state index contributed by atoms with van der Waals surface area (Å²) in [6.07, 6.45) is 1.42. The molecule has 2 heterocycles. The summed E-state index contributed by atoms with van der Waals surface area (Å²) in [7, 11) is 0. The largest absolute Gasteiger partial charge is 0.618 e. The third kappa shape index (κ3) is 6.11.